The highest BCUT2D eigenvalue weighted by Crippen LogP contribution is 2.44. The topological polar surface area (TPSA) is 0 Å². The van der Waals surface area contributed by atoms with Crippen LogP contribution in [0, 0.1) is 23.6 Å². The van der Waals surface area contributed by atoms with Crippen LogP contribution in [-0.2, 0) is 0 Å². The SMILES string of the molecule is C=CCCCC1CCC(C2CCC(c3ccc(F)cc3)CC2)CC1. The van der Waals surface area contributed by atoms with Gasteiger partial charge < -0.3 is 0 Å². The molecule has 2 saturated carbocycles. The molecule has 0 spiro atoms. The maximum absolute atomic E-state index is 13.1. The first kappa shape index (κ1) is 17.7. The average molecular weight is 329 g/mol. The number of benzene rings is 1. The fourth-order valence-corrected chi connectivity index (χ4v) is 5.16. The van der Waals surface area contributed by atoms with Gasteiger partial charge in [0.1, 0.15) is 5.82 Å². The van der Waals surface area contributed by atoms with Crippen LogP contribution in [0.15, 0.2) is 36.9 Å². The molecule has 1 aromatic rings. The molecule has 1 heteroatoms. The van der Waals surface area contributed by atoms with Crippen LogP contribution in [-0.4, -0.2) is 0 Å². The zero-order valence-electron chi connectivity index (χ0n) is 15.1. The second-order valence-corrected chi connectivity index (χ2v) is 8.16. The van der Waals surface area contributed by atoms with E-state index >= 15 is 0 Å². The smallest absolute Gasteiger partial charge is 0.123 e. The van der Waals surface area contributed by atoms with E-state index in [0.29, 0.717) is 5.92 Å². The molecule has 0 radical (unpaired) electrons. The molecule has 0 N–H and O–H groups in total. The van der Waals surface area contributed by atoms with Crippen molar-refractivity contribution in [3.8, 4) is 0 Å². The summed E-state index contributed by atoms with van der Waals surface area (Å²) in [7, 11) is 0. The van der Waals surface area contributed by atoms with E-state index in [4.69, 9.17) is 0 Å². The van der Waals surface area contributed by atoms with Gasteiger partial charge in [0.2, 0.25) is 0 Å². The number of halogens is 1. The summed E-state index contributed by atoms with van der Waals surface area (Å²) in [5.41, 5.74) is 1.35. The standard InChI is InChI=1S/C23H33F/c1-2-3-4-5-18-6-8-19(9-7-18)20-10-12-21(13-11-20)22-14-16-23(24)17-15-22/h2,14-21H,1,3-13H2. The van der Waals surface area contributed by atoms with Crippen LogP contribution in [0.3, 0.4) is 0 Å². The minimum absolute atomic E-state index is 0.114. The lowest BCUT2D eigenvalue weighted by molar-refractivity contribution is 0.156. The molecule has 1 aromatic carbocycles. The molecule has 0 amide bonds. The summed E-state index contributed by atoms with van der Waals surface area (Å²) in [5, 5.41) is 0. The summed E-state index contributed by atoms with van der Waals surface area (Å²) < 4.78 is 13.1. The highest BCUT2D eigenvalue weighted by atomic mass is 19.1. The van der Waals surface area contributed by atoms with Gasteiger partial charge in [-0.1, -0.05) is 37.5 Å². The van der Waals surface area contributed by atoms with Crippen molar-refractivity contribution in [2.45, 2.75) is 76.5 Å². The Kier molecular flexibility index (Phi) is 6.51. The monoisotopic (exact) mass is 328 g/mol. The molecule has 3 rings (SSSR count). The summed E-state index contributed by atoms with van der Waals surface area (Å²) in [6.45, 7) is 3.83. The van der Waals surface area contributed by atoms with E-state index in [9.17, 15) is 4.39 Å². The summed E-state index contributed by atoms with van der Waals surface area (Å²) in [4.78, 5) is 0. The van der Waals surface area contributed by atoms with Gasteiger partial charge in [-0.2, -0.15) is 0 Å². The number of allylic oxidation sites excluding steroid dienone is 1. The lowest BCUT2D eigenvalue weighted by atomic mass is 9.68. The van der Waals surface area contributed by atoms with E-state index in [-0.39, 0.29) is 5.82 Å². The molecular weight excluding hydrogens is 295 g/mol. The van der Waals surface area contributed by atoms with Gasteiger partial charge in [-0.25, -0.2) is 4.39 Å². The first-order chi connectivity index (χ1) is 11.8. The number of hydrogen-bond acceptors (Lipinski definition) is 0. The molecule has 2 aliphatic carbocycles. The lowest BCUT2D eigenvalue weighted by Crippen LogP contribution is -2.25. The van der Waals surface area contributed by atoms with Crippen molar-refractivity contribution < 1.29 is 4.39 Å². The van der Waals surface area contributed by atoms with Gasteiger partial charge in [0.05, 0.1) is 0 Å². The third-order valence-electron chi connectivity index (χ3n) is 6.69. The largest absolute Gasteiger partial charge is 0.207 e. The number of unbranched alkanes of at least 4 members (excludes halogenated alkanes) is 1. The predicted octanol–water partition coefficient (Wildman–Crippen LogP) is 7.26. The Hall–Kier alpha value is -1.11. The summed E-state index contributed by atoms with van der Waals surface area (Å²) in [5.74, 6) is 3.47. The van der Waals surface area contributed by atoms with E-state index < -0.39 is 0 Å². The summed E-state index contributed by atoms with van der Waals surface area (Å²) >= 11 is 0. The van der Waals surface area contributed by atoms with Crippen LogP contribution >= 0.6 is 0 Å². The number of rotatable bonds is 6. The molecule has 0 nitrogen and oxygen atoms in total. The first-order valence-electron chi connectivity index (χ1n) is 10.1. The molecule has 0 bridgehead atoms. The maximum Gasteiger partial charge on any atom is 0.123 e. The second kappa shape index (κ2) is 8.83. The van der Waals surface area contributed by atoms with Gasteiger partial charge in [0, 0.05) is 0 Å². The molecule has 0 saturated heterocycles. The van der Waals surface area contributed by atoms with Crippen molar-refractivity contribution in [1.29, 1.82) is 0 Å². The number of hydrogen-bond donors (Lipinski definition) is 0. The molecule has 0 aliphatic heterocycles. The Labute approximate surface area is 147 Å². The van der Waals surface area contributed by atoms with E-state index in [0.717, 1.165) is 17.8 Å². The molecular formula is C23H33F. The average Bonchev–Trinajstić information content (AvgIpc) is 2.63. The molecule has 2 aliphatic rings. The van der Waals surface area contributed by atoms with Crippen LogP contribution in [0.4, 0.5) is 4.39 Å². The zero-order valence-corrected chi connectivity index (χ0v) is 15.1. The highest BCUT2D eigenvalue weighted by Gasteiger charge is 2.31. The van der Waals surface area contributed by atoms with Gasteiger partial charge in [0.25, 0.3) is 0 Å². The fraction of sp³-hybridized carbons (Fsp3) is 0.652. The van der Waals surface area contributed by atoms with Crippen molar-refractivity contribution in [2.75, 3.05) is 0 Å². The molecule has 2 fully saturated rings. The van der Waals surface area contributed by atoms with Crippen molar-refractivity contribution in [1.82, 2.24) is 0 Å². The maximum atomic E-state index is 13.1. The Morgan fingerprint density at radius 3 is 2.04 bits per heavy atom. The highest BCUT2D eigenvalue weighted by molar-refractivity contribution is 5.20. The Morgan fingerprint density at radius 1 is 0.875 bits per heavy atom. The fourth-order valence-electron chi connectivity index (χ4n) is 5.16. The van der Waals surface area contributed by atoms with Crippen LogP contribution in [0.5, 0.6) is 0 Å². The van der Waals surface area contributed by atoms with Gasteiger partial charge in [-0.05, 0) is 92.7 Å². The lowest BCUT2D eigenvalue weighted by Gasteiger charge is -2.38. The van der Waals surface area contributed by atoms with Gasteiger partial charge in [-0.3, -0.25) is 0 Å². The Morgan fingerprint density at radius 2 is 1.46 bits per heavy atom. The van der Waals surface area contributed by atoms with Crippen molar-refractivity contribution >= 4 is 0 Å². The third kappa shape index (κ3) is 4.71. The zero-order chi connectivity index (χ0) is 16.8. The molecule has 0 heterocycles. The third-order valence-corrected chi connectivity index (χ3v) is 6.69. The van der Waals surface area contributed by atoms with Crippen molar-refractivity contribution in [2.24, 2.45) is 17.8 Å². The molecule has 24 heavy (non-hydrogen) atoms. The Balaban J connectivity index is 1.41. The molecule has 0 atom stereocenters. The summed E-state index contributed by atoms with van der Waals surface area (Å²) in [6, 6.07) is 7.23. The Bertz CT molecular complexity index is 487. The van der Waals surface area contributed by atoms with Crippen LogP contribution in [0.25, 0.3) is 0 Å². The van der Waals surface area contributed by atoms with Crippen LogP contribution in [0.1, 0.15) is 82.1 Å². The van der Waals surface area contributed by atoms with Crippen molar-refractivity contribution in [3.05, 3.63) is 48.3 Å². The van der Waals surface area contributed by atoms with Crippen molar-refractivity contribution in [3.63, 3.8) is 0 Å². The van der Waals surface area contributed by atoms with E-state index in [1.807, 2.05) is 12.1 Å². The van der Waals surface area contributed by atoms with Crippen LogP contribution in [0.2, 0.25) is 0 Å². The van der Waals surface area contributed by atoms with E-state index in [1.54, 1.807) is 12.1 Å². The minimum atomic E-state index is -0.114. The summed E-state index contributed by atoms with van der Waals surface area (Å²) in [6.07, 6.45) is 17.2. The van der Waals surface area contributed by atoms with Crippen LogP contribution < -0.4 is 0 Å². The van der Waals surface area contributed by atoms with Gasteiger partial charge in [-0.15, -0.1) is 6.58 Å². The second-order valence-electron chi connectivity index (χ2n) is 8.16. The molecule has 0 unspecified atom stereocenters. The predicted molar refractivity (Wildman–Crippen MR) is 101 cm³/mol. The molecule has 0 aromatic heterocycles. The van der Waals surface area contributed by atoms with E-state index in [2.05, 4.69) is 12.7 Å². The molecule has 132 valence electrons. The quantitative estimate of drug-likeness (QED) is 0.381. The van der Waals surface area contributed by atoms with Gasteiger partial charge >= 0.3 is 0 Å². The first-order valence-corrected chi connectivity index (χ1v) is 10.1. The minimum Gasteiger partial charge on any atom is -0.207 e. The van der Waals surface area contributed by atoms with E-state index in [1.165, 1.54) is 76.2 Å². The van der Waals surface area contributed by atoms with Gasteiger partial charge in [0.15, 0.2) is 0 Å². The normalized spacial score (nSPS) is 30.9.